The number of fused-ring (bicyclic) bond motifs is 1. The van der Waals surface area contributed by atoms with E-state index in [-0.39, 0.29) is 46.7 Å². The lowest BCUT2D eigenvalue weighted by Crippen LogP contribution is -2.31. The first-order chi connectivity index (χ1) is 18.9. The Kier molecular flexibility index (Phi) is 9.12. The van der Waals surface area contributed by atoms with Crippen LogP contribution in [0.1, 0.15) is 16.7 Å². The van der Waals surface area contributed by atoms with E-state index in [1.807, 2.05) is 9.44 Å². The predicted molar refractivity (Wildman–Crippen MR) is 142 cm³/mol. The molecule has 2 amide bonds. The van der Waals surface area contributed by atoms with Crippen LogP contribution in [-0.2, 0) is 28.0 Å². The summed E-state index contributed by atoms with van der Waals surface area (Å²) >= 11 is 0. The van der Waals surface area contributed by atoms with Gasteiger partial charge in [0, 0.05) is 51.1 Å². The molecule has 6 N–H and O–H groups in total. The fourth-order valence-corrected chi connectivity index (χ4v) is 4.04. The van der Waals surface area contributed by atoms with Crippen LogP contribution >= 0.6 is 0 Å². The first-order valence-corrected chi connectivity index (χ1v) is 12.8. The summed E-state index contributed by atoms with van der Waals surface area (Å²) in [7, 11) is 0.0789. The van der Waals surface area contributed by atoms with Crippen molar-refractivity contribution in [2.75, 3.05) is 25.9 Å². The molecule has 0 saturated carbocycles. The van der Waals surface area contributed by atoms with E-state index in [1.54, 1.807) is 0 Å². The van der Waals surface area contributed by atoms with Crippen molar-refractivity contribution in [3.8, 4) is 5.75 Å². The average Bonchev–Trinajstić information content (AvgIpc) is 2.91. The van der Waals surface area contributed by atoms with Gasteiger partial charge in [-0.3, -0.25) is 9.52 Å². The molecule has 40 heavy (non-hydrogen) atoms. The van der Waals surface area contributed by atoms with Crippen molar-refractivity contribution in [2.24, 2.45) is 16.1 Å². The number of nitrogens with two attached hydrogens (primary N) is 1. The number of carbonyl (C=O) groups is 2. The highest BCUT2D eigenvalue weighted by atomic mass is 32.2. The molecule has 0 aliphatic carbocycles. The molecular weight excluding hydrogens is 551 g/mol. The van der Waals surface area contributed by atoms with E-state index in [0.29, 0.717) is 5.39 Å². The standard InChI is InChI=1S/C23H25FN8O7S/c1-27-40(36,37)31-17-6-4-5-12(19(17)24)9-15-16(11-28-21(33)20(29-25)30-26)14-8-7-13(38-23(35)32(2)3)10-18(14)39-22(15)34/h4-8,10,25,27,31H,9,11,26H2,1-3H3,(H,28,33)/b29-25?,30-20-. The number of nitrogens with zero attached hydrogens (tertiary/aromatic N) is 3. The minimum absolute atomic E-state index is 0.00375. The van der Waals surface area contributed by atoms with Gasteiger partial charge in [-0.05, 0) is 29.3 Å². The number of hydrazone groups is 1. The Bertz CT molecular complexity index is 1670. The van der Waals surface area contributed by atoms with Gasteiger partial charge < -0.3 is 25.2 Å². The first-order valence-electron chi connectivity index (χ1n) is 11.3. The molecule has 0 unspecified atom stereocenters. The highest BCUT2D eigenvalue weighted by Crippen LogP contribution is 2.28. The average molecular weight is 577 g/mol. The lowest BCUT2D eigenvalue weighted by molar-refractivity contribution is -0.115. The molecule has 1 heterocycles. The number of benzene rings is 2. The zero-order chi connectivity index (χ0) is 29.6. The highest BCUT2D eigenvalue weighted by molar-refractivity contribution is 7.90. The number of halogens is 1. The van der Waals surface area contributed by atoms with Crippen molar-refractivity contribution in [2.45, 2.75) is 13.0 Å². The highest BCUT2D eigenvalue weighted by Gasteiger charge is 2.21. The van der Waals surface area contributed by atoms with Crippen molar-refractivity contribution >= 4 is 44.7 Å². The third-order valence-electron chi connectivity index (χ3n) is 5.48. The van der Waals surface area contributed by atoms with E-state index in [2.05, 4.69) is 15.5 Å². The number of hydrogen-bond acceptors (Lipinski definition) is 10. The van der Waals surface area contributed by atoms with Gasteiger partial charge in [-0.25, -0.2) is 24.2 Å². The number of ether oxygens (including phenoxy) is 1. The summed E-state index contributed by atoms with van der Waals surface area (Å²) in [5, 5.41) is 8.78. The fraction of sp³-hybridized carbons (Fsp3) is 0.217. The molecule has 17 heteroatoms. The molecule has 0 saturated heterocycles. The van der Waals surface area contributed by atoms with Gasteiger partial charge in [0.25, 0.3) is 22.0 Å². The summed E-state index contributed by atoms with van der Waals surface area (Å²) in [6, 6.07) is 8.14. The monoisotopic (exact) mass is 576 g/mol. The number of nitrogens with one attached hydrogen (secondary N) is 4. The van der Waals surface area contributed by atoms with Gasteiger partial charge in [-0.2, -0.15) is 13.5 Å². The Morgan fingerprint density at radius 3 is 2.55 bits per heavy atom. The number of carbonyl (C=O) groups excluding carboxylic acids is 2. The molecule has 15 nitrogen and oxygen atoms in total. The summed E-state index contributed by atoms with van der Waals surface area (Å²) in [4.78, 5) is 38.6. The summed E-state index contributed by atoms with van der Waals surface area (Å²) in [5.41, 5.74) is 5.83. The maximum absolute atomic E-state index is 15.3. The van der Waals surface area contributed by atoms with Gasteiger partial charge in [0.05, 0.1) is 5.69 Å². The van der Waals surface area contributed by atoms with Crippen molar-refractivity contribution in [1.82, 2.24) is 14.9 Å². The van der Waals surface area contributed by atoms with E-state index in [1.165, 1.54) is 55.4 Å². The maximum Gasteiger partial charge on any atom is 0.414 e. The Balaban J connectivity index is 2.12. The predicted octanol–water partition coefficient (Wildman–Crippen LogP) is 1.38. The van der Waals surface area contributed by atoms with Crippen molar-refractivity contribution in [3.05, 3.63) is 69.3 Å². The first kappa shape index (κ1) is 29.7. The topological polar surface area (TPSA) is 222 Å². The summed E-state index contributed by atoms with van der Waals surface area (Å²) < 4.78 is 53.7. The van der Waals surface area contributed by atoms with Gasteiger partial charge in [0.1, 0.15) is 11.3 Å². The second-order valence-corrected chi connectivity index (χ2v) is 9.90. The molecular formula is C23H25FN8O7S. The molecule has 0 radical (unpaired) electrons. The number of anilines is 1. The van der Waals surface area contributed by atoms with Crippen LogP contribution in [0.4, 0.5) is 14.9 Å². The van der Waals surface area contributed by atoms with Crippen LogP contribution in [0.5, 0.6) is 5.75 Å². The molecule has 0 spiro atoms. The molecule has 2 aromatic carbocycles. The van der Waals surface area contributed by atoms with E-state index >= 15 is 4.39 Å². The van der Waals surface area contributed by atoms with Crippen LogP contribution in [-0.4, -0.2) is 52.3 Å². The maximum atomic E-state index is 15.3. The van der Waals surface area contributed by atoms with Crippen LogP contribution in [0.15, 0.2) is 55.8 Å². The SMILES string of the molecule is CNS(=O)(=O)Nc1cccc(Cc2c(CNC(=O)/C(N=N)=N/N)c3ccc(OC(=O)N(C)C)cc3oc2=O)c1F. The van der Waals surface area contributed by atoms with Gasteiger partial charge in [0.15, 0.2) is 5.82 Å². The molecule has 0 aliphatic heterocycles. The molecule has 1 aromatic heterocycles. The van der Waals surface area contributed by atoms with E-state index in [9.17, 15) is 22.8 Å². The Morgan fingerprint density at radius 1 is 1.20 bits per heavy atom. The van der Waals surface area contributed by atoms with E-state index in [4.69, 9.17) is 20.5 Å². The van der Waals surface area contributed by atoms with E-state index < -0.39 is 39.5 Å². The fourth-order valence-electron chi connectivity index (χ4n) is 3.49. The largest absolute Gasteiger partial charge is 0.422 e. The van der Waals surface area contributed by atoms with E-state index in [0.717, 1.165) is 7.05 Å². The van der Waals surface area contributed by atoms with Gasteiger partial charge in [-0.15, -0.1) is 5.11 Å². The number of rotatable bonds is 8. The van der Waals surface area contributed by atoms with Crippen LogP contribution in [0.25, 0.3) is 11.0 Å². The minimum atomic E-state index is -4.03. The quantitative estimate of drug-likeness (QED) is 0.0656. The van der Waals surface area contributed by atoms with Crippen LogP contribution < -0.4 is 31.0 Å². The second kappa shape index (κ2) is 12.3. The lowest BCUT2D eigenvalue weighted by Gasteiger charge is -2.15. The summed E-state index contributed by atoms with van der Waals surface area (Å²) in [5.74, 6) is 2.64. The minimum Gasteiger partial charge on any atom is -0.422 e. The molecule has 212 valence electrons. The zero-order valence-corrected chi connectivity index (χ0v) is 22.3. The molecule has 0 fully saturated rings. The number of hydrogen-bond donors (Lipinski definition) is 5. The molecule has 0 aliphatic rings. The van der Waals surface area contributed by atoms with Gasteiger partial charge in [-0.1, -0.05) is 12.1 Å². The molecule has 0 bridgehead atoms. The Hall–Kier alpha value is -4.90. The van der Waals surface area contributed by atoms with Crippen LogP contribution in [0.2, 0.25) is 0 Å². The van der Waals surface area contributed by atoms with Gasteiger partial charge >= 0.3 is 11.7 Å². The smallest absolute Gasteiger partial charge is 0.414 e. The summed E-state index contributed by atoms with van der Waals surface area (Å²) in [6.45, 7) is -0.324. The normalized spacial score (nSPS) is 11.7. The number of amides is 2. The molecule has 3 rings (SSSR count). The zero-order valence-electron chi connectivity index (χ0n) is 21.4. The third kappa shape index (κ3) is 6.75. The van der Waals surface area contributed by atoms with Crippen molar-refractivity contribution in [1.29, 1.82) is 5.53 Å². The second-order valence-electron chi connectivity index (χ2n) is 8.28. The third-order valence-corrected chi connectivity index (χ3v) is 6.50. The lowest BCUT2D eigenvalue weighted by atomic mass is 9.97. The molecule has 0 atom stereocenters. The van der Waals surface area contributed by atoms with Gasteiger partial charge in [0.2, 0.25) is 0 Å². The van der Waals surface area contributed by atoms with Crippen LogP contribution in [0, 0.1) is 11.3 Å². The summed E-state index contributed by atoms with van der Waals surface area (Å²) in [6.07, 6.45) is -1.04. The molecule has 3 aromatic rings. The Morgan fingerprint density at radius 2 is 1.93 bits per heavy atom. The number of amidine groups is 1. The van der Waals surface area contributed by atoms with Crippen molar-refractivity contribution in [3.63, 3.8) is 0 Å². The van der Waals surface area contributed by atoms with Crippen LogP contribution in [0.3, 0.4) is 0 Å². The van der Waals surface area contributed by atoms with Crippen molar-refractivity contribution < 1.29 is 31.6 Å². The Labute approximate surface area is 226 Å².